The number of nitrogens with one attached hydrogen (secondary N) is 1. The number of para-hydroxylation sites is 1. The zero-order chi connectivity index (χ0) is 19.2. The second-order valence-electron chi connectivity index (χ2n) is 5.69. The fourth-order valence-corrected chi connectivity index (χ4v) is 2.48. The molecule has 7 nitrogen and oxygen atoms in total. The van der Waals surface area contributed by atoms with Crippen LogP contribution in [0.4, 0.5) is 17.3 Å². The molecule has 1 N–H and O–H groups in total. The van der Waals surface area contributed by atoms with Gasteiger partial charge in [0.25, 0.3) is 5.91 Å². The van der Waals surface area contributed by atoms with Crippen molar-refractivity contribution in [2.75, 3.05) is 31.5 Å². The van der Waals surface area contributed by atoms with E-state index in [9.17, 15) is 4.79 Å². The summed E-state index contributed by atoms with van der Waals surface area (Å²) in [6.07, 6.45) is 2.99. The summed E-state index contributed by atoms with van der Waals surface area (Å²) in [5.74, 6) is 1.32. The van der Waals surface area contributed by atoms with E-state index in [-0.39, 0.29) is 5.91 Å². The maximum atomic E-state index is 12.5. The molecule has 0 aliphatic rings. The van der Waals surface area contributed by atoms with E-state index < -0.39 is 0 Å². The number of rotatable bonds is 6. The molecule has 0 radical (unpaired) electrons. The first kappa shape index (κ1) is 18.2. The second kappa shape index (κ2) is 8.18. The van der Waals surface area contributed by atoms with Gasteiger partial charge in [-0.05, 0) is 24.3 Å². The van der Waals surface area contributed by atoms with Gasteiger partial charge in [0, 0.05) is 31.2 Å². The van der Waals surface area contributed by atoms with Gasteiger partial charge in [-0.15, -0.1) is 0 Å². The monoisotopic (exact) mass is 364 g/mol. The number of carbonyl (C=O) groups excluding carboxylic acids is 1. The Hall–Kier alpha value is -3.61. The van der Waals surface area contributed by atoms with E-state index >= 15 is 0 Å². The number of carbonyl (C=O) groups is 1. The molecule has 1 aromatic heterocycles. The van der Waals surface area contributed by atoms with Crippen molar-refractivity contribution in [3.63, 3.8) is 0 Å². The second-order valence-corrected chi connectivity index (χ2v) is 5.69. The maximum Gasteiger partial charge on any atom is 0.258 e. The summed E-state index contributed by atoms with van der Waals surface area (Å²) in [6, 6.07) is 14.9. The van der Waals surface area contributed by atoms with Crippen molar-refractivity contribution in [3.05, 3.63) is 66.5 Å². The molecule has 7 heteroatoms. The highest BCUT2D eigenvalue weighted by molar-refractivity contribution is 6.04. The highest BCUT2D eigenvalue weighted by Gasteiger charge is 2.13. The fraction of sp³-hybridized carbons (Fsp3) is 0.150. The summed E-state index contributed by atoms with van der Waals surface area (Å²) < 4.78 is 10.4. The smallest absolute Gasteiger partial charge is 0.258 e. The molecular weight excluding hydrogens is 344 g/mol. The van der Waals surface area contributed by atoms with Gasteiger partial charge < -0.3 is 19.7 Å². The van der Waals surface area contributed by atoms with Gasteiger partial charge in [0.15, 0.2) is 0 Å². The van der Waals surface area contributed by atoms with Crippen LogP contribution in [0.15, 0.2) is 60.9 Å². The average molecular weight is 364 g/mol. The molecular formula is C20H20N4O3. The largest absolute Gasteiger partial charge is 0.497 e. The first-order valence-corrected chi connectivity index (χ1v) is 8.26. The minimum atomic E-state index is -0.326. The van der Waals surface area contributed by atoms with E-state index in [4.69, 9.17) is 9.47 Å². The zero-order valence-electron chi connectivity index (χ0n) is 15.3. The van der Waals surface area contributed by atoms with Gasteiger partial charge in [0.1, 0.15) is 11.5 Å². The topological polar surface area (TPSA) is 76.6 Å². The number of amides is 1. The lowest BCUT2D eigenvalue weighted by atomic mass is 10.2. The summed E-state index contributed by atoms with van der Waals surface area (Å²) in [6.45, 7) is 0. The number of hydrogen-bond donors (Lipinski definition) is 1. The Labute approximate surface area is 157 Å². The lowest BCUT2D eigenvalue weighted by molar-refractivity contribution is 0.102. The molecule has 0 aliphatic carbocycles. The molecule has 27 heavy (non-hydrogen) atoms. The van der Waals surface area contributed by atoms with Crippen LogP contribution >= 0.6 is 0 Å². The summed E-state index contributed by atoms with van der Waals surface area (Å²) in [4.78, 5) is 22.9. The Bertz CT molecular complexity index is 914. The standard InChI is InChI=1S/C20H20N4O3/c1-24(15-7-5-4-6-8-15)20-21-12-14(13-22-20)19(25)23-17-10-9-16(26-2)11-18(17)27-3/h4-13H,1-3H3,(H,23,25). The lowest BCUT2D eigenvalue weighted by Gasteiger charge is -2.17. The Kier molecular flexibility index (Phi) is 5.51. The van der Waals surface area contributed by atoms with Crippen molar-refractivity contribution in [1.29, 1.82) is 0 Å². The number of hydrogen-bond acceptors (Lipinski definition) is 6. The van der Waals surface area contributed by atoms with Gasteiger partial charge in [-0.3, -0.25) is 4.79 Å². The van der Waals surface area contributed by atoms with E-state index in [1.54, 1.807) is 25.3 Å². The molecule has 0 spiro atoms. The number of anilines is 3. The van der Waals surface area contributed by atoms with E-state index in [2.05, 4.69) is 15.3 Å². The molecule has 0 unspecified atom stereocenters. The fourth-order valence-electron chi connectivity index (χ4n) is 2.48. The molecule has 2 aromatic carbocycles. The molecule has 0 fully saturated rings. The van der Waals surface area contributed by atoms with E-state index in [0.29, 0.717) is 28.7 Å². The predicted octanol–water partition coefficient (Wildman–Crippen LogP) is 3.51. The van der Waals surface area contributed by atoms with Crippen LogP contribution in [0.1, 0.15) is 10.4 Å². The quantitative estimate of drug-likeness (QED) is 0.721. The summed E-state index contributed by atoms with van der Waals surface area (Å²) in [5, 5.41) is 2.80. The molecule has 0 aliphatic heterocycles. The normalized spacial score (nSPS) is 10.2. The van der Waals surface area contributed by atoms with Crippen LogP contribution in [0.3, 0.4) is 0 Å². The maximum absolute atomic E-state index is 12.5. The lowest BCUT2D eigenvalue weighted by Crippen LogP contribution is -2.16. The van der Waals surface area contributed by atoms with Crippen LogP contribution in [-0.2, 0) is 0 Å². The molecule has 0 bridgehead atoms. The average Bonchev–Trinajstić information content (AvgIpc) is 2.74. The minimum absolute atomic E-state index is 0.326. The van der Waals surface area contributed by atoms with Gasteiger partial charge >= 0.3 is 0 Å². The van der Waals surface area contributed by atoms with E-state index in [0.717, 1.165) is 5.69 Å². The first-order valence-electron chi connectivity index (χ1n) is 8.26. The number of ether oxygens (including phenoxy) is 2. The molecule has 0 saturated heterocycles. The number of benzene rings is 2. The zero-order valence-corrected chi connectivity index (χ0v) is 15.3. The third kappa shape index (κ3) is 4.14. The molecule has 1 amide bonds. The van der Waals surface area contributed by atoms with Crippen molar-refractivity contribution >= 4 is 23.2 Å². The van der Waals surface area contributed by atoms with Crippen molar-refractivity contribution < 1.29 is 14.3 Å². The van der Waals surface area contributed by atoms with Gasteiger partial charge in [-0.1, -0.05) is 18.2 Å². The third-order valence-corrected chi connectivity index (χ3v) is 4.00. The van der Waals surface area contributed by atoms with Gasteiger partial charge in [-0.2, -0.15) is 0 Å². The Balaban J connectivity index is 1.75. The highest BCUT2D eigenvalue weighted by atomic mass is 16.5. The van der Waals surface area contributed by atoms with Crippen LogP contribution in [0.5, 0.6) is 11.5 Å². The molecule has 0 saturated carbocycles. The molecule has 3 rings (SSSR count). The van der Waals surface area contributed by atoms with Gasteiger partial charge in [0.2, 0.25) is 5.95 Å². The molecule has 3 aromatic rings. The number of nitrogens with zero attached hydrogens (tertiary/aromatic N) is 3. The first-order chi connectivity index (χ1) is 13.1. The summed E-state index contributed by atoms with van der Waals surface area (Å²) in [7, 11) is 4.97. The Morgan fingerprint density at radius 2 is 1.70 bits per heavy atom. The number of aromatic nitrogens is 2. The summed E-state index contributed by atoms with van der Waals surface area (Å²) >= 11 is 0. The van der Waals surface area contributed by atoms with E-state index in [1.165, 1.54) is 19.5 Å². The Morgan fingerprint density at radius 1 is 1.00 bits per heavy atom. The predicted molar refractivity (Wildman–Crippen MR) is 104 cm³/mol. The van der Waals surface area contributed by atoms with Crippen molar-refractivity contribution in [1.82, 2.24) is 9.97 Å². The minimum Gasteiger partial charge on any atom is -0.497 e. The van der Waals surface area contributed by atoms with Crippen LogP contribution < -0.4 is 19.7 Å². The highest BCUT2D eigenvalue weighted by Crippen LogP contribution is 2.29. The van der Waals surface area contributed by atoms with Crippen LogP contribution in [-0.4, -0.2) is 37.1 Å². The van der Waals surface area contributed by atoms with Crippen molar-refractivity contribution in [2.45, 2.75) is 0 Å². The Morgan fingerprint density at radius 3 is 2.33 bits per heavy atom. The SMILES string of the molecule is COc1ccc(NC(=O)c2cnc(N(C)c3ccccc3)nc2)c(OC)c1. The molecule has 1 heterocycles. The molecule has 0 atom stereocenters. The number of methoxy groups -OCH3 is 2. The van der Waals surface area contributed by atoms with Crippen LogP contribution in [0, 0.1) is 0 Å². The van der Waals surface area contributed by atoms with Crippen molar-refractivity contribution in [2.24, 2.45) is 0 Å². The van der Waals surface area contributed by atoms with Crippen LogP contribution in [0.2, 0.25) is 0 Å². The third-order valence-electron chi connectivity index (χ3n) is 4.00. The van der Waals surface area contributed by atoms with Crippen LogP contribution in [0.25, 0.3) is 0 Å². The summed E-state index contributed by atoms with van der Waals surface area (Å²) in [5.41, 5.74) is 1.84. The van der Waals surface area contributed by atoms with E-state index in [1.807, 2.05) is 42.3 Å². The van der Waals surface area contributed by atoms with Gasteiger partial charge in [-0.25, -0.2) is 9.97 Å². The van der Waals surface area contributed by atoms with Crippen molar-refractivity contribution in [3.8, 4) is 11.5 Å². The molecule has 138 valence electrons. The van der Waals surface area contributed by atoms with Gasteiger partial charge in [0.05, 0.1) is 25.5 Å².